The molecule has 3 aromatic heterocycles. The highest BCUT2D eigenvalue weighted by atomic mass is 19.1. The molecule has 1 aliphatic rings. The number of fused-ring (bicyclic) bond motifs is 1. The average molecular weight is 506 g/mol. The fraction of sp³-hybridized carbons (Fsp3) is 0.481. The van der Waals surface area contributed by atoms with Gasteiger partial charge in [0, 0.05) is 37.3 Å². The van der Waals surface area contributed by atoms with Gasteiger partial charge < -0.3 is 9.74 Å². The molecule has 1 saturated carbocycles. The monoisotopic (exact) mass is 505 g/mol. The third kappa shape index (κ3) is 5.61. The van der Waals surface area contributed by atoms with Gasteiger partial charge in [-0.1, -0.05) is 5.16 Å². The summed E-state index contributed by atoms with van der Waals surface area (Å²) in [5.41, 5.74) is 2.73. The van der Waals surface area contributed by atoms with Crippen molar-refractivity contribution in [3.05, 3.63) is 57.6 Å². The highest BCUT2D eigenvalue weighted by Crippen LogP contribution is 2.34. The predicted octanol–water partition coefficient (Wildman–Crippen LogP) is 4.26. The first-order chi connectivity index (χ1) is 17.5. The molecule has 0 unspecified atom stereocenters. The molecule has 37 heavy (non-hydrogen) atoms. The number of rotatable bonds is 5. The first-order valence-corrected chi connectivity index (χ1v) is 12.4. The minimum atomic E-state index is -0.524. The van der Waals surface area contributed by atoms with E-state index in [-0.39, 0.29) is 23.3 Å². The second-order valence-corrected chi connectivity index (χ2v) is 10.5. The van der Waals surface area contributed by atoms with Crippen molar-refractivity contribution in [2.45, 2.75) is 65.0 Å². The van der Waals surface area contributed by atoms with Crippen molar-refractivity contribution in [2.24, 2.45) is 18.1 Å². The van der Waals surface area contributed by atoms with E-state index in [1.54, 1.807) is 32.2 Å². The quantitative estimate of drug-likeness (QED) is 0.290. The van der Waals surface area contributed by atoms with Crippen LogP contribution < -0.4 is 10.6 Å². The van der Waals surface area contributed by atoms with Gasteiger partial charge in [-0.3, -0.25) is 4.57 Å². The van der Waals surface area contributed by atoms with Crippen molar-refractivity contribution in [3.63, 3.8) is 0 Å². The zero-order valence-electron chi connectivity index (χ0n) is 22.1. The second kappa shape index (κ2) is 10.2. The first-order valence-electron chi connectivity index (χ1n) is 12.4. The van der Waals surface area contributed by atoms with Crippen LogP contribution in [0, 0.1) is 30.1 Å². The SMILES string of the molecule is Cc1nc(F)ccc1/C(=N/OC(C)(C)C)[C@H]1CC[C@H](N(C)c2nc(=O)n(C)c3ccc(C#N)nc23)CC1. The van der Waals surface area contributed by atoms with E-state index < -0.39 is 11.5 Å². The van der Waals surface area contributed by atoms with Gasteiger partial charge in [0.2, 0.25) is 5.95 Å². The van der Waals surface area contributed by atoms with Crippen molar-refractivity contribution in [3.8, 4) is 6.07 Å². The highest BCUT2D eigenvalue weighted by Gasteiger charge is 2.31. The number of anilines is 1. The van der Waals surface area contributed by atoms with E-state index in [9.17, 15) is 14.4 Å². The Hall–Kier alpha value is -3.87. The third-order valence-electron chi connectivity index (χ3n) is 6.76. The number of nitriles is 1. The zero-order chi connectivity index (χ0) is 26.9. The Balaban J connectivity index is 1.61. The minimum Gasteiger partial charge on any atom is -0.390 e. The molecule has 0 aromatic carbocycles. The number of nitrogens with zero attached hydrogens (tertiary/aromatic N) is 7. The topological polar surface area (TPSA) is 109 Å². The maximum Gasteiger partial charge on any atom is 0.349 e. The molecule has 10 heteroatoms. The number of hydrogen-bond acceptors (Lipinski definition) is 8. The van der Waals surface area contributed by atoms with Crippen LogP contribution in [-0.4, -0.2) is 43.9 Å². The number of hydrogen-bond donors (Lipinski definition) is 0. The number of aromatic nitrogens is 4. The lowest BCUT2D eigenvalue weighted by Gasteiger charge is -2.36. The molecule has 0 atom stereocenters. The van der Waals surface area contributed by atoms with Crippen LogP contribution in [0.5, 0.6) is 0 Å². The molecule has 3 aromatic rings. The normalized spacial score (nSPS) is 18.5. The van der Waals surface area contributed by atoms with Crippen LogP contribution >= 0.6 is 0 Å². The molecule has 0 amide bonds. The number of oxime groups is 1. The maximum absolute atomic E-state index is 13.7. The molecule has 0 N–H and O–H groups in total. The van der Waals surface area contributed by atoms with Crippen molar-refractivity contribution in [2.75, 3.05) is 11.9 Å². The molecule has 0 aliphatic heterocycles. The molecule has 0 bridgehead atoms. The lowest BCUT2D eigenvalue weighted by molar-refractivity contribution is -0.0000451. The summed E-state index contributed by atoms with van der Waals surface area (Å²) in [6.07, 6.45) is 3.27. The van der Waals surface area contributed by atoms with E-state index in [1.807, 2.05) is 32.7 Å². The van der Waals surface area contributed by atoms with Crippen molar-refractivity contribution >= 4 is 22.6 Å². The van der Waals surface area contributed by atoms with Crippen LogP contribution in [0.3, 0.4) is 0 Å². The van der Waals surface area contributed by atoms with Gasteiger partial charge in [0.25, 0.3) is 0 Å². The van der Waals surface area contributed by atoms with E-state index in [2.05, 4.69) is 26.2 Å². The van der Waals surface area contributed by atoms with Gasteiger partial charge in [0.05, 0.1) is 11.2 Å². The standard InChI is InChI=1S/C27H32FN7O2/c1-16-20(12-14-22(28)30-16)23(33-37-27(2,3)4)17-7-10-19(11-8-17)34(5)25-24-21(35(6)26(36)32-25)13-9-18(15-29)31-24/h9,12-14,17,19H,7-8,10-11H2,1-6H3/b33-23+/t17-,19-. The predicted molar refractivity (Wildman–Crippen MR) is 140 cm³/mol. The number of pyridine rings is 2. The van der Waals surface area contributed by atoms with Crippen LogP contribution in [0.15, 0.2) is 34.2 Å². The van der Waals surface area contributed by atoms with E-state index in [0.29, 0.717) is 22.5 Å². The highest BCUT2D eigenvalue weighted by molar-refractivity contribution is 6.02. The van der Waals surface area contributed by atoms with Crippen molar-refractivity contribution < 1.29 is 9.23 Å². The largest absolute Gasteiger partial charge is 0.390 e. The van der Waals surface area contributed by atoms with Crippen LogP contribution in [0.2, 0.25) is 0 Å². The summed E-state index contributed by atoms with van der Waals surface area (Å²) in [6, 6.07) is 8.58. The van der Waals surface area contributed by atoms with Crippen LogP contribution in [0.25, 0.3) is 11.0 Å². The maximum atomic E-state index is 13.7. The fourth-order valence-electron chi connectivity index (χ4n) is 4.76. The molecular weight excluding hydrogens is 473 g/mol. The van der Waals surface area contributed by atoms with E-state index in [4.69, 9.17) is 4.84 Å². The summed E-state index contributed by atoms with van der Waals surface area (Å²) >= 11 is 0. The fourth-order valence-corrected chi connectivity index (χ4v) is 4.76. The Labute approximate surface area is 215 Å². The summed E-state index contributed by atoms with van der Waals surface area (Å²) in [6.45, 7) is 7.58. The summed E-state index contributed by atoms with van der Waals surface area (Å²) in [5, 5.41) is 13.9. The van der Waals surface area contributed by atoms with Crippen LogP contribution in [0.4, 0.5) is 10.2 Å². The molecule has 0 saturated heterocycles. The van der Waals surface area contributed by atoms with Crippen LogP contribution in [0.1, 0.15) is 63.4 Å². The van der Waals surface area contributed by atoms with Gasteiger partial charge in [-0.2, -0.15) is 14.6 Å². The van der Waals surface area contributed by atoms with Gasteiger partial charge >= 0.3 is 5.69 Å². The lowest BCUT2D eigenvalue weighted by atomic mass is 9.80. The van der Waals surface area contributed by atoms with Gasteiger partial charge in [-0.05, 0) is 77.6 Å². The molecule has 0 spiro atoms. The van der Waals surface area contributed by atoms with Gasteiger partial charge in [0.15, 0.2) is 5.82 Å². The van der Waals surface area contributed by atoms with E-state index >= 15 is 0 Å². The van der Waals surface area contributed by atoms with Gasteiger partial charge in [-0.15, -0.1) is 0 Å². The van der Waals surface area contributed by atoms with Crippen molar-refractivity contribution in [1.29, 1.82) is 5.26 Å². The molecule has 1 aliphatic carbocycles. The Kier molecular flexibility index (Phi) is 7.25. The average Bonchev–Trinajstić information content (AvgIpc) is 2.86. The molecule has 0 radical (unpaired) electrons. The summed E-state index contributed by atoms with van der Waals surface area (Å²) in [5.74, 6) is 0.0568. The third-order valence-corrected chi connectivity index (χ3v) is 6.76. The second-order valence-electron chi connectivity index (χ2n) is 10.5. The smallest absolute Gasteiger partial charge is 0.349 e. The Morgan fingerprint density at radius 1 is 1.16 bits per heavy atom. The molecule has 4 rings (SSSR count). The Bertz CT molecular complexity index is 1440. The number of aryl methyl sites for hydroxylation is 2. The summed E-state index contributed by atoms with van der Waals surface area (Å²) < 4.78 is 15.1. The Morgan fingerprint density at radius 3 is 2.49 bits per heavy atom. The van der Waals surface area contributed by atoms with E-state index in [0.717, 1.165) is 37.0 Å². The Morgan fingerprint density at radius 2 is 1.86 bits per heavy atom. The molecule has 194 valence electrons. The summed E-state index contributed by atoms with van der Waals surface area (Å²) in [4.78, 5) is 33.1. The lowest BCUT2D eigenvalue weighted by Crippen LogP contribution is -2.39. The number of halogens is 1. The van der Waals surface area contributed by atoms with E-state index in [1.165, 1.54) is 10.6 Å². The molecule has 9 nitrogen and oxygen atoms in total. The van der Waals surface area contributed by atoms with Gasteiger partial charge in [-0.25, -0.2) is 14.8 Å². The molecule has 3 heterocycles. The minimum absolute atomic E-state index is 0.106. The van der Waals surface area contributed by atoms with Crippen molar-refractivity contribution in [1.82, 2.24) is 19.5 Å². The molecule has 1 fully saturated rings. The van der Waals surface area contributed by atoms with Crippen LogP contribution in [-0.2, 0) is 11.9 Å². The first kappa shape index (κ1) is 26.2. The molecular formula is C27H32FN7O2. The zero-order valence-corrected chi connectivity index (χ0v) is 22.1. The van der Waals surface area contributed by atoms with Gasteiger partial charge in [0.1, 0.15) is 22.9 Å². The summed E-state index contributed by atoms with van der Waals surface area (Å²) in [7, 11) is 3.56.